The third-order valence-corrected chi connectivity index (χ3v) is 15.5. The number of halogens is 4. The lowest BCUT2D eigenvalue weighted by molar-refractivity contribution is -0.145. The summed E-state index contributed by atoms with van der Waals surface area (Å²) in [5.74, 6) is -0.101. The number of fused-ring (bicyclic) bond motifs is 7. The Morgan fingerprint density at radius 3 is 2.43 bits per heavy atom. The molecule has 4 bridgehead atoms. The van der Waals surface area contributed by atoms with E-state index in [2.05, 4.69) is 31.8 Å². The average molecular weight is 1080 g/mol. The highest BCUT2D eigenvalue weighted by molar-refractivity contribution is 7.22. The Bertz CT molecular complexity index is 2970. The Balaban J connectivity index is 1.05. The number of likely N-dealkylation sites (N-methyl/N-ethyl adjacent to an activating group) is 1. The molecule has 3 aromatic carbocycles. The number of aliphatic carboxylic acids is 1. The van der Waals surface area contributed by atoms with Crippen LogP contribution in [0.1, 0.15) is 47.5 Å². The van der Waals surface area contributed by atoms with E-state index in [4.69, 9.17) is 61.3 Å². The third kappa shape index (κ3) is 12.4. The molecule has 1 saturated heterocycles. The van der Waals surface area contributed by atoms with Gasteiger partial charge in [-0.15, -0.1) is 11.3 Å². The van der Waals surface area contributed by atoms with Crippen LogP contribution in [0, 0.1) is 19.7 Å². The van der Waals surface area contributed by atoms with E-state index < -0.39 is 29.7 Å². The number of hydrogen-bond acceptors (Lipinski definition) is 15. The van der Waals surface area contributed by atoms with Gasteiger partial charge in [0.05, 0.1) is 54.2 Å². The van der Waals surface area contributed by atoms with E-state index in [0.29, 0.717) is 110 Å². The predicted molar refractivity (Wildman–Crippen MR) is 279 cm³/mol. The molecule has 3 aliphatic heterocycles. The van der Waals surface area contributed by atoms with Gasteiger partial charge in [-0.2, -0.15) is 0 Å². The number of alkyl halides is 1. The number of piperazine rings is 1. The molecule has 1 aliphatic carbocycles. The molecule has 3 aromatic heterocycles. The number of methoxy groups -OCH3 is 1. The number of thiophene rings is 1. The topological polar surface area (TPSA) is 160 Å². The van der Waals surface area contributed by atoms with Crippen molar-refractivity contribution in [3.63, 3.8) is 0 Å². The van der Waals surface area contributed by atoms with Gasteiger partial charge in [-0.25, -0.2) is 33.5 Å². The molecule has 3 atom stereocenters. The van der Waals surface area contributed by atoms with Gasteiger partial charge < -0.3 is 43.2 Å². The van der Waals surface area contributed by atoms with Crippen molar-refractivity contribution in [3.05, 3.63) is 111 Å². The number of aromatic nitrogens is 4. The zero-order valence-electron chi connectivity index (χ0n) is 41.6. The molecule has 4 aliphatic rings. The fourth-order valence-electron chi connectivity index (χ4n) is 9.32. The highest BCUT2D eigenvalue weighted by Gasteiger charge is 2.34. The molecule has 0 radical (unpaired) electrons. The van der Waals surface area contributed by atoms with Crippen molar-refractivity contribution in [2.75, 3.05) is 86.5 Å². The van der Waals surface area contributed by atoms with Gasteiger partial charge in [0.15, 0.2) is 11.6 Å². The summed E-state index contributed by atoms with van der Waals surface area (Å²) in [6.45, 7) is 9.25. The van der Waals surface area contributed by atoms with Gasteiger partial charge in [-0.05, 0) is 98.0 Å². The Morgan fingerprint density at radius 1 is 0.946 bits per heavy atom. The predicted octanol–water partition coefficient (Wildman–Crippen LogP) is 9.87. The molecule has 10 rings (SSSR count). The van der Waals surface area contributed by atoms with Crippen LogP contribution in [0.5, 0.6) is 23.1 Å². The molecule has 74 heavy (non-hydrogen) atoms. The number of hydrogen-bond donors (Lipinski definition) is 1. The minimum absolute atomic E-state index is 0.00270. The lowest BCUT2D eigenvalue weighted by Crippen LogP contribution is -2.49. The fraction of sp³-hybridized carbons (Fsp3) is 0.426. The summed E-state index contributed by atoms with van der Waals surface area (Å²) in [6.07, 6.45) is 3.36. The number of rotatable bonds is 16. The molecule has 20 heteroatoms. The first-order chi connectivity index (χ1) is 35.8. The fourth-order valence-corrected chi connectivity index (χ4v) is 11.0. The van der Waals surface area contributed by atoms with E-state index in [0.717, 1.165) is 31.8 Å². The quantitative estimate of drug-likeness (QED) is 0.0912. The van der Waals surface area contributed by atoms with Crippen molar-refractivity contribution in [2.45, 2.75) is 64.0 Å². The maximum atomic E-state index is 15.7. The molecule has 0 amide bonds. The van der Waals surface area contributed by atoms with E-state index in [-0.39, 0.29) is 61.6 Å². The molecule has 1 fully saturated rings. The summed E-state index contributed by atoms with van der Waals surface area (Å²) in [5.41, 5.74) is 3.52. The number of carboxylic acids is 1. The summed E-state index contributed by atoms with van der Waals surface area (Å²) in [6, 6.07) is 13.0. The van der Waals surface area contributed by atoms with Crippen molar-refractivity contribution < 1.29 is 51.8 Å². The van der Waals surface area contributed by atoms with Gasteiger partial charge in [0.25, 0.3) is 0 Å². The monoisotopic (exact) mass is 1070 g/mol. The molecule has 0 unspecified atom stereocenters. The Morgan fingerprint density at radius 2 is 1.70 bits per heavy atom. The van der Waals surface area contributed by atoms with E-state index >= 15 is 4.39 Å². The van der Waals surface area contributed by atoms with Crippen LogP contribution >= 0.6 is 34.5 Å². The van der Waals surface area contributed by atoms with Crippen molar-refractivity contribution in [1.29, 1.82) is 0 Å². The van der Waals surface area contributed by atoms with Gasteiger partial charge in [0.1, 0.15) is 53.5 Å². The van der Waals surface area contributed by atoms with Gasteiger partial charge >= 0.3 is 5.97 Å². The smallest absolute Gasteiger partial charge is 0.345 e. The first-order valence-electron chi connectivity index (χ1n) is 24.5. The van der Waals surface area contributed by atoms with Gasteiger partial charge in [-0.3, -0.25) is 4.90 Å². The van der Waals surface area contributed by atoms with Gasteiger partial charge in [0, 0.05) is 74.9 Å². The van der Waals surface area contributed by atoms with Crippen molar-refractivity contribution >= 4 is 56.3 Å². The SMILES string of the molecule is COCCOCCOC[C@@]1(F)CC=C(c2nccc(COc3ccc4cc3C[C@H](C(=O)O)Oc3ncnc5sc(-c6ccc(F)cc6)c(c35)-c3c(C)c(Cl)c(c(Cl)c3C)O[C@H](CN3CCN(C)CC3)CO4)n2)CC1. The largest absolute Gasteiger partial charge is 0.490 e. The molecular formula is C54H58Cl2F2N6O9S. The van der Waals surface area contributed by atoms with Crippen LogP contribution < -0.4 is 18.9 Å². The van der Waals surface area contributed by atoms with E-state index in [1.165, 1.54) is 29.8 Å². The van der Waals surface area contributed by atoms with Crippen molar-refractivity contribution in [1.82, 2.24) is 29.7 Å². The average Bonchev–Trinajstić information content (AvgIpc) is 3.79. The highest BCUT2D eigenvalue weighted by atomic mass is 35.5. The van der Waals surface area contributed by atoms with Gasteiger partial charge in [-0.1, -0.05) is 41.4 Å². The lowest BCUT2D eigenvalue weighted by Gasteiger charge is -2.35. The number of ether oxygens (including phenoxy) is 7. The van der Waals surface area contributed by atoms with Crippen LogP contribution in [0.4, 0.5) is 8.78 Å². The summed E-state index contributed by atoms with van der Waals surface area (Å²) in [7, 11) is 3.70. The first kappa shape index (κ1) is 53.3. The van der Waals surface area contributed by atoms with Crippen LogP contribution in [0.25, 0.3) is 37.4 Å². The Hall–Kier alpha value is -5.57. The van der Waals surface area contributed by atoms with Crippen molar-refractivity contribution in [2.24, 2.45) is 0 Å². The first-order valence-corrected chi connectivity index (χ1v) is 26.1. The molecule has 15 nitrogen and oxygen atoms in total. The van der Waals surface area contributed by atoms with E-state index in [9.17, 15) is 14.3 Å². The zero-order valence-corrected chi connectivity index (χ0v) is 44.0. The third-order valence-electron chi connectivity index (χ3n) is 13.5. The van der Waals surface area contributed by atoms with Crippen molar-refractivity contribution in [3.8, 4) is 44.7 Å². The molecular weight excluding hydrogens is 1020 g/mol. The molecule has 6 heterocycles. The summed E-state index contributed by atoms with van der Waals surface area (Å²) in [4.78, 5) is 37.7. The standard InChI is InChI=1S/C54H58Cl2F2N6O9S/c1-32-43-33(2)47(56)48(46(32)55)72-40(27-64-19-17-63(3)18-20-64)29-70-39-9-10-41(71-28-38-13-16-59-50(62-38)35-11-14-54(58,15-12-35)30-69-24-23-68-22-21-67-4)36(25-39)26-42(53(65)66)73-51-45-44(43)49(74-52(45)61-31-60-51)34-5-7-37(57)8-6-34/h5-11,13,16,25,31,40,42H,12,14-15,17-24,26-30H2,1-4H3,(H,65,66)/t40-,42-,54-/m1/s1. The maximum absolute atomic E-state index is 15.7. The van der Waals surface area contributed by atoms with Crippen LogP contribution in [0.3, 0.4) is 0 Å². The second kappa shape index (κ2) is 24.0. The van der Waals surface area contributed by atoms with Crippen LogP contribution in [-0.2, 0) is 32.0 Å². The minimum Gasteiger partial charge on any atom is -0.490 e. The minimum atomic E-state index is -1.52. The van der Waals surface area contributed by atoms with Crippen LogP contribution in [0.15, 0.2) is 67.1 Å². The number of carboxylic acid groups (broad SMARTS) is 1. The second-order valence-corrected chi connectivity index (χ2v) is 20.5. The Labute approximate surface area is 442 Å². The number of allylic oxidation sites excluding steroid dienone is 2. The zero-order chi connectivity index (χ0) is 51.9. The summed E-state index contributed by atoms with van der Waals surface area (Å²) in [5, 5.41) is 11.9. The van der Waals surface area contributed by atoms with Gasteiger partial charge in [0.2, 0.25) is 12.0 Å². The summed E-state index contributed by atoms with van der Waals surface area (Å²) < 4.78 is 72.5. The highest BCUT2D eigenvalue weighted by Crippen LogP contribution is 2.53. The number of nitrogens with zero attached hydrogens (tertiary/aromatic N) is 6. The second-order valence-electron chi connectivity index (χ2n) is 18.7. The normalized spacial score (nSPS) is 19.6. The number of benzene rings is 3. The Kier molecular flexibility index (Phi) is 17.2. The van der Waals surface area contributed by atoms with E-state index in [1.807, 2.05) is 19.9 Å². The lowest BCUT2D eigenvalue weighted by atomic mass is 9.87. The van der Waals surface area contributed by atoms with Crippen LogP contribution in [-0.4, -0.2) is 145 Å². The summed E-state index contributed by atoms with van der Waals surface area (Å²) >= 11 is 16.0. The molecule has 0 saturated carbocycles. The molecule has 1 N–H and O–H groups in total. The molecule has 0 spiro atoms. The van der Waals surface area contributed by atoms with E-state index in [1.54, 1.807) is 49.7 Å². The van der Waals surface area contributed by atoms with Crippen LogP contribution in [0.2, 0.25) is 10.0 Å². The molecule has 392 valence electrons. The number of carbonyl (C=O) groups is 1. The maximum Gasteiger partial charge on any atom is 0.345 e. The molecule has 6 aromatic rings.